The predicted octanol–water partition coefficient (Wildman–Crippen LogP) is 14.1. The van der Waals surface area contributed by atoms with Gasteiger partial charge in [-0.2, -0.15) is 0 Å². The van der Waals surface area contributed by atoms with Crippen molar-refractivity contribution in [2.24, 2.45) is 0 Å². The highest BCUT2D eigenvalue weighted by Gasteiger charge is 2.19. The molecule has 0 aliphatic carbocycles. The molecule has 3 heterocycles. The fourth-order valence-corrected chi connectivity index (χ4v) is 8.20. The molecule has 9 aromatic rings. The third-order valence-corrected chi connectivity index (χ3v) is 11.1. The summed E-state index contributed by atoms with van der Waals surface area (Å²) in [4.78, 5) is 6.69. The van der Waals surface area contributed by atoms with Gasteiger partial charge < -0.3 is 9.47 Å². The monoisotopic (exact) mass is 729 g/mol. The van der Waals surface area contributed by atoms with Gasteiger partial charge in [-0.3, -0.25) is 4.98 Å². The number of benzene rings is 7. The Hall–Kier alpha value is -7.49. The lowest BCUT2D eigenvalue weighted by Gasteiger charge is -2.27. The summed E-state index contributed by atoms with van der Waals surface area (Å²) in [5.74, 6) is 0. The molecule has 3 heteroatoms. The average Bonchev–Trinajstić information content (AvgIpc) is 3.65. The van der Waals surface area contributed by atoms with Gasteiger partial charge >= 0.3 is 0 Å². The molecule has 57 heavy (non-hydrogen) atoms. The van der Waals surface area contributed by atoms with Crippen LogP contribution in [0.1, 0.15) is 5.56 Å². The lowest BCUT2D eigenvalue weighted by molar-refractivity contribution is 1.09. The summed E-state index contributed by atoms with van der Waals surface area (Å²) in [5.41, 5.74) is 17.2. The standard InChI is InChI=1S/C54H39N3/c1-38-13-5-4-12-32-56(47-24-20-41(21-25-47)39-14-6-2-7-15-39)54-37-44(22-26-49(38)54)43-23-27-53-51(36-43)50-18-10-11-19-52(50)57(53)48-34-45(40-16-8-3-9-17-40)33-46(35-48)42-28-30-55-31-29-42/h2-31,33-37H,1,32H2/b12-4-,13-5-. The maximum Gasteiger partial charge on any atom is 0.0541 e. The number of nitrogens with zero attached hydrogens (tertiary/aromatic N) is 3. The molecule has 1 aliphatic heterocycles. The van der Waals surface area contributed by atoms with Crippen molar-refractivity contribution < 1.29 is 0 Å². The van der Waals surface area contributed by atoms with Crippen molar-refractivity contribution in [2.45, 2.75) is 0 Å². The van der Waals surface area contributed by atoms with Gasteiger partial charge in [0, 0.05) is 52.3 Å². The molecule has 0 radical (unpaired) electrons. The highest BCUT2D eigenvalue weighted by molar-refractivity contribution is 6.10. The Labute approximate surface area is 333 Å². The summed E-state index contributed by atoms with van der Waals surface area (Å²) in [6.45, 7) is 5.22. The van der Waals surface area contributed by atoms with Gasteiger partial charge in [0.15, 0.2) is 0 Å². The van der Waals surface area contributed by atoms with E-state index in [4.69, 9.17) is 0 Å². The van der Waals surface area contributed by atoms with Crippen molar-refractivity contribution in [1.82, 2.24) is 9.55 Å². The second kappa shape index (κ2) is 14.6. The summed E-state index contributed by atoms with van der Waals surface area (Å²) in [6.07, 6.45) is 12.2. The number of anilines is 2. The number of hydrogen-bond donors (Lipinski definition) is 0. The Bertz CT molecular complexity index is 2920. The van der Waals surface area contributed by atoms with Crippen molar-refractivity contribution in [1.29, 1.82) is 0 Å². The molecule has 0 saturated carbocycles. The Balaban J connectivity index is 1.11. The van der Waals surface area contributed by atoms with Crippen LogP contribution < -0.4 is 4.90 Å². The van der Waals surface area contributed by atoms with E-state index in [2.05, 4.69) is 221 Å². The number of hydrogen-bond acceptors (Lipinski definition) is 2. The van der Waals surface area contributed by atoms with Crippen LogP contribution >= 0.6 is 0 Å². The van der Waals surface area contributed by atoms with Crippen LogP contribution in [-0.4, -0.2) is 16.1 Å². The van der Waals surface area contributed by atoms with Crippen LogP contribution in [0, 0.1) is 0 Å². The van der Waals surface area contributed by atoms with Gasteiger partial charge in [-0.25, -0.2) is 0 Å². The van der Waals surface area contributed by atoms with Crippen LogP contribution in [0.2, 0.25) is 0 Å². The molecule has 10 rings (SSSR count). The first kappa shape index (κ1) is 34.0. The topological polar surface area (TPSA) is 21.1 Å². The Morgan fingerprint density at radius 1 is 0.439 bits per heavy atom. The number of rotatable bonds is 6. The Morgan fingerprint density at radius 3 is 1.79 bits per heavy atom. The zero-order valence-corrected chi connectivity index (χ0v) is 31.5. The largest absolute Gasteiger partial charge is 0.337 e. The number of allylic oxidation sites excluding steroid dienone is 4. The predicted molar refractivity (Wildman–Crippen MR) is 241 cm³/mol. The van der Waals surface area contributed by atoms with Crippen LogP contribution in [0.4, 0.5) is 11.4 Å². The highest BCUT2D eigenvalue weighted by Crippen LogP contribution is 2.41. The summed E-state index contributed by atoms with van der Waals surface area (Å²) in [6, 6.07) is 63.6. The minimum Gasteiger partial charge on any atom is -0.337 e. The van der Waals surface area contributed by atoms with Crippen LogP contribution in [0.3, 0.4) is 0 Å². The van der Waals surface area contributed by atoms with Gasteiger partial charge in [0.1, 0.15) is 0 Å². The summed E-state index contributed by atoms with van der Waals surface area (Å²) in [7, 11) is 0. The molecule has 270 valence electrons. The number of fused-ring (bicyclic) bond motifs is 4. The van der Waals surface area contributed by atoms with Crippen molar-refractivity contribution in [3.05, 3.63) is 225 Å². The van der Waals surface area contributed by atoms with Crippen molar-refractivity contribution >= 4 is 38.8 Å². The summed E-state index contributed by atoms with van der Waals surface area (Å²) >= 11 is 0. The van der Waals surface area contributed by atoms with E-state index in [9.17, 15) is 0 Å². The molecule has 0 atom stereocenters. The van der Waals surface area contributed by atoms with Crippen LogP contribution in [0.5, 0.6) is 0 Å². The first-order valence-electron chi connectivity index (χ1n) is 19.4. The van der Waals surface area contributed by atoms with Crippen LogP contribution in [0.15, 0.2) is 219 Å². The van der Waals surface area contributed by atoms with Gasteiger partial charge in [-0.1, -0.05) is 140 Å². The molecule has 0 saturated heterocycles. The molecule has 2 aromatic heterocycles. The van der Waals surface area contributed by atoms with Gasteiger partial charge in [0.2, 0.25) is 0 Å². The molecule has 7 aromatic carbocycles. The Kier molecular flexibility index (Phi) is 8.74. The fourth-order valence-electron chi connectivity index (χ4n) is 8.20. The smallest absolute Gasteiger partial charge is 0.0541 e. The van der Waals surface area contributed by atoms with Crippen molar-refractivity contribution in [2.75, 3.05) is 11.4 Å². The van der Waals surface area contributed by atoms with E-state index in [0.717, 1.165) is 57.0 Å². The van der Waals surface area contributed by atoms with Gasteiger partial charge in [0.05, 0.1) is 11.0 Å². The maximum absolute atomic E-state index is 4.49. The minimum absolute atomic E-state index is 0.731. The van der Waals surface area contributed by atoms with E-state index >= 15 is 0 Å². The Morgan fingerprint density at radius 2 is 1.04 bits per heavy atom. The number of aromatic nitrogens is 2. The molecule has 3 nitrogen and oxygen atoms in total. The first-order chi connectivity index (χ1) is 28.2. The van der Waals surface area contributed by atoms with E-state index in [1.165, 1.54) is 44.1 Å². The molecule has 0 bridgehead atoms. The van der Waals surface area contributed by atoms with E-state index in [1.54, 1.807) is 0 Å². The van der Waals surface area contributed by atoms with Gasteiger partial charge in [-0.15, -0.1) is 0 Å². The summed E-state index contributed by atoms with van der Waals surface area (Å²) < 4.78 is 2.42. The number of pyridine rings is 1. The molecular weight excluding hydrogens is 691 g/mol. The third-order valence-electron chi connectivity index (χ3n) is 11.1. The zero-order valence-electron chi connectivity index (χ0n) is 31.5. The molecule has 0 fully saturated rings. The molecular formula is C54H39N3. The van der Waals surface area contributed by atoms with Gasteiger partial charge in [-0.05, 0) is 117 Å². The zero-order chi connectivity index (χ0) is 38.1. The normalized spacial score (nSPS) is 13.8. The van der Waals surface area contributed by atoms with E-state index in [1.807, 2.05) is 12.4 Å². The third kappa shape index (κ3) is 6.45. The van der Waals surface area contributed by atoms with E-state index in [-0.39, 0.29) is 0 Å². The quantitative estimate of drug-likeness (QED) is 0.170. The highest BCUT2D eigenvalue weighted by atomic mass is 15.1. The van der Waals surface area contributed by atoms with Crippen molar-refractivity contribution in [3.63, 3.8) is 0 Å². The summed E-state index contributed by atoms with van der Waals surface area (Å²) in [5, 5.41) is 2.43. The van der Waals surface area contributed by atoms with Crippen LogP contribution in [-0.2, 0) is 0 Å². The lowest BCUT2D eigenvalue weighted by Crippen LogP contribution is -2.18. The minimum atomic E-state index is 0.731. The van der Waals surface area contributed by atoms with Crippen molar-refractivity contribution in [3.8, 4) is 50.2 Å². The molecule has 1 aliphatic rings. The maximum atomic E-state index is 4.49. The number of para-hydroxylation sites is 1. The lowest BCUT2D eigenvalue weighted by atomic mass is 9.96. The van der Waals surface area contributed by atoms with E-state index in [0.29, 0.717) is 0 Å². The molecule has 0 N–H and O–H groups in total. The van der Waals surface area contributed by atoms with E-state index < -0.39 is 0 Å². The SMILES string of the molecule is C=C1/C=C\C=C/CN(c2ccc(-c3ccccc3)cc2)c2cc(-c3ccc4c(c3)c3ccccc3n4-c3cc(-c4ccccc4)cc(-c4ccncc4)c3)ccc21. The second-order valence-corrected chi connectivity index (χ2v) is 14.5. The molecule has 0 spiro atoms. The molecule has 0 unspecified atom stereocenters. The average molecular weight is 730 g/mol. The van der Waals surface area contributed by atoms with Gasteiger partial charge in [0.25, 0.3) is 0 Å². The van der Waals surface area contributed by atoms with Crippen LogP contribution in [0.25, 0.3) is 77.6 Å². The fraction of sp³-hybridized carbons (Fsp3) is 0.0185. The second-order valence-electron chi connectivity index (χ2n) is 14.5. The molecule has 0 amide bonds. The first-order valence-corrected chi connectivity index (χ1v) is 19.4.